The highest BCUT2D eigenvalue weighted by atomic mass is 35.5. The lowest BCUT2D eigenvalue weighted by molar-refractivity contribution is -0.143. The van der Waals surface area contributed by atoms with Crippen LogP contribution in [0, 0.1) is 6.92 Å². The Morgan fingerprint density at radius 2 is 1.84 bits per heavy atom. The molecule has 2 aromatic heterocycles. The minimum Gasteiger partial charge on any atom is -0.337 e. The Hall–Kier alpha value is -2.04. The minimum absolute atomic E-state index is 0.0423. The molecule has 2 saturated heterocycles. The van der Waals surface area contributed by atoms with E-state index >= 15 is 0 Å². The fourth-order valence-corrected chi connectivity index (χ4v) is 10.5. The maximum absolute atomic E-state index is 13.3. The van der Waals surface area contributed by atoms with Gasteiger partial charge in [-0.3, -0.25) is 9.59 Å². The summed E-state index contributed by atoms with van der Waals surface area (Å²) in [6.07, 6.45) is 3.58. The van der Waals surface area contributed by atoms with Gasteiger partial charge in [-0.05, 0) is 80.0 Å². The van der Waals surface area contributed by atoms with Crippen LogP contribution < -0.4 is 9.44 Å². The highest BCUT2D eigenvalue weighted by molar-refractivity contribution is 7.92. The zero-order valence-corrected chi connectivity index (χ0v) is 27.9. The predicted molar refractivity (Wildman–Crippen MR) is 172 cm³/mol. The molecule has 0 aliphatic carbocycles. The van der Waals surface area contributed by atoms with Gasteiger partial charge in [0.15, 0.2) is 0 Å². The molecule has 0 spiro atoms. The number of fused-ring (bicyclic) bond motifs is 1. The average molecular weight is 706 g/mol. The Kier molecular flexibility index (Phi) is 9.88. The molecule has 0 bridgehead atoms. The molecule has 2 N–H and O–H groups in total. The summed E-state index contributed by atoms with van der Waals surface area (Å²) in [6.45, 7) is 2.35. The summed E-state index contributed by atoms with van der Waals surface area (Å²) in [7, 11) is -7.76. The largest absolute Gasteiger partial charge is 0.337 e. The molecule has 2 amide bonds. The normalized spacial score (nSPS) is 20.1. The number of amides is 2. The molecule has 3 aromatic rings. The van der Waals surface area contributed by atoms with E-state index in [9.17, 15) is 26.4 Å². The summed E-state index contributed by atoms with van der Waals surface area (Å²) in [5.74, 6) is -0.770. The number of sulfonamides is 2. The van der Waals surface area contributed by atoms with Crippen LogP contribution in [0.2, 0.25) is 9.36 Å². The highest BCUT2D eigenvalue weighted by Gasteiger charge is 2.36. The van der Waals surface area contributed by atoms with E-state index in [0.717, 1.165) is 15.5 Å². The lowest BCUT2D eigenvalue weighted by atomic mass is 10.1. The van der Waals surface area contributed by atoms with Crippen LogP contribution in [0.5, 0.6) is 0 Å². The first-order valence-electron chi connectivity index (χ1n) is 13.6. The second kappa shape index (κ2) is 13.1. The number of hydrogen-bond acceptors (Lipinski definition) is 8. The third-order valence-corrected chi connectivity index (χ3v) is 13.3. The van der Waals surface area contributed by atoms with E-state index in [0.29, 0.717) is 58.6 Å². The van der Waals surface area contributed by atoms with Gasteiger partial charge < -0.3 is 9.80 Å². The van der Waals surface area contributed by atoms with Gasteiger partial charge in [0.05, 0.1) is 10.9 Å². The van der Waals surface area contributed by atoms with Crippen LogP contribution >= 0.6 is 45.9 Å². The maximum Gasteiger partial charge on any atom is 0.250 e. The van der Waals surface area contributed by atoms with E-state index in [4.69, 9.17) is 23.2 Å². The minimum atomic E-state index is -3.92. The molecule has 16 heteroatoms. The van der Waals surface area contributed by atoms with Gasteiger partial charge in [0.1, 0.15) is 10.3 Å². The number of hydrogen-bond donors (Lipinski definition) is 2. The van der Waals surface area contributed by atoms with Crippen molar-refractivity contribution in [2.24, 2.45) is 0 Å². The Morgan fingerprint density at radius 3 is 2.58 bits per heavy atom. The number of halogens is 2. The molecule has 0 saturated carbocycles. The van der Waals surface area contributed by atoms with Crippen molar-refractivity contribution in [3.8, 4) is 0 Å². The van der Waals surface area contributed by atoms with Gasteiger partial charge in [0.2, 0.25) is 31.9 Å². The van der Waals surface area contributed by atoms with Gasteiger partial charge in [0, 0.05) is 45.7 Å². The second-order valence-electron chi connectivity index (χ2n) is 10.5. The number of benzene rings is 1. The van der Waals surface area contributed by atoms with E-state index in [1.165, 1.54) is 33.6 Å². The monoisotopic (exact) mass is 704 g/mol. The fraction of sp³-hybridized carbons (Fsp3) is 0.407. The van der Waals surface area contributed by atoms with E-state index in [-0.39, 0.29) is 29.2 Å². The number of carbonyl (C=O) groups excluding carboxylic acids is 2. The van der Waals surface area contributed by atoms with Gasteiger partial charge in [0.25, 0.3) is 0 Å². The van der Waals surface area contributed by atoms with Gasteiger partial charge in [-0.2, -0.15) is 4.72 Å². The summed E-state index contributed by atoms with van der Waals surface area (Å²) >= 11 is 14.4. The Morgan fingerprint density at radius 1 is 1.07 bits per heavy atom. The second-order valence-corrected chi connectivity index (χ2v) is 17.2. The first-order chi connectivity index (χ1) is 20.3. The summed E-state index contributed by atoms with van der Waals surface area (Å²) < 4.78 is 58.3. The molecule has 0 unspecified atom stereocenters. The first kappa shape index (κ1) is 32.4. The number of nitrogens with zero attached hydrogens (tertiary/aromatic N) is 2. The molecule has 5 rings (SSSR count). The van der Waals surface area contributed by atoms with Gasteiger partial charge >= 0.3 is 0 Å². The third-order valence-electron chi connectivity index (χ3n) is 7.47. The topological polar surface area (TPSA) is 133 Å². The van der Waals surface area contributed by atoms with Gasteiger partial charge in [-0.25, -0.2) is 21.6 Å². The number of nitrogens with one attached hydrogen (secondary N) is 2. The number of carbonyl (C=O) groups is 2. The van der Waals surface area contributed by atoms with Gasteiger partial charge in [-0.1, -0.05) is 23.2 Å². The molecule has 0 radical (unpaired) electrons. The van der Waals surface area contributed by atoms with Crippen LogP contribution in [0.3, 0.4) is 0 Å². The fourth-order valence-electron chi connectivity index (χ4n) is 5.35. The third kappa shape index (κ3) is 7.61. The summed E-state index contributed by atoms with van der Waals surface area (Å²) in [6, 6.07) is 7.26. The molecular weight excluding hydrogens is 675 g/mol. The molecule has 232 valence electrons. The van der Waals surface area contributed by atoms with Crippen molar-refractivity contribution in [2.45, 2.75) is 48.9 Å². The standard InChI is InChI=1S/C27H30Cl2N4O6S4/c1-17-21-14-18(28)6-8-23(21)41-27(17)43(38,39)30-15-19-4-2-12-33(19)25(34)16-32-11-3-5-22(26(32)35)31-42(36,37)13-10-20-7-9-24(29)40-20/h6-10,13-14,19,22,30-31H,2-5,11-12,15-16H2,1H3/t19-,22-/m0/s1. The van der Waals surface area contributed by atoms with E-state index < -0.39 is 32.0 Å². The maximum atomic E-state index is 13.3. The van der Waals surface area contributed by atoms with Crippen molar-refractivity contribution in [3.05, 3.63) is 55.5 Å². The number of piperidine rings is 1. The highest BCUT2D eigenvalue weighted by Crippen LogP contribution is 2.35. The molecular formula is C27H30Cl2N4O6S4. The predicted octanol–water partition coefficient (Wildman–Crippen LogP) is 4.43. The van der Waals surface area contributed by atoms with Crippen molar-refractivity contribution >= 4 is 93.9 Å². The molecule has 2 aliphatic heterocycles. The van der Waals surface area contributed by atoms with E-state index in [1.807, 2.05) is 0 Å². The van der Waals surface area contributed by atoms with Crippen LogP contribution in [0.1, 0.15) is 36.1 Å². The van der Waals surface area contributed by atoms with Crippen LogP contribution in [0.4, 0.5) is 0 Å². The van der Waals surface area contributed by atoms with Crippen LogP contribution in [-0.2, 0) is 29.6 Å². The molecule has 2 atom stereocenters. The van der Waals surface area contributed by atoms with Crippen molar-refractivity contribution < 1.29 is 26.4 Å². The lowest BCUT2D eigenvalue weighted by Gasteiger charge is -2.34. The number of likely N-dealkylation sites (tertiary alicyclic amines) is 2. The quantitative estimate of drug-likeness (QED) is 0.321. The smallest absolute Gasteiger partial charge is 0.250 e. The number of aryl methyl sites for hydroxylation is 1. The molecule has 4 heterocycles. The molecule has 1 aromatic carbocycles. The van der Waals surface area contributed by atoms with E-state index in [1.54, 1.807) is 42.2 Å². The van der Waals surface area contributed by atoms with Crippen LogP contribution in [0.25, 0.3) is 16.2 Å². The molecule has 43 heavy (non-hydrogen) atoms. The Labute approximate surface area is 268 Å². The molecule has 2 fully saturated rings. The zero-order chi connectivity index (χ0) is 30.9. The number of rotatable bonds is 10. The summed E-state index contributed by atoms with van der Waals surface area (Å²) in [4.78, 5) is 30.1. The summed E-state index contributed by atoms with van der Waals surface area (Å²) in [5.41, 5.74) is 0.620. The lowest BCUT2D eigenvalue weighted by Crippen LogP contribution is -2.55. The Balaban J connectivity index is 1.19. The van der Waals surface area contributed by atoms with Crippen molar-refractivity contribution in [3.63, 3.8) is 0 Å². The Bertz CT molecular complexity index is 1790. The average Bonchev–Trinajstić information content (AvgIpc) is 3.68. The van der Waals surface area contributed by atoms with Crippen molar-refractivity contribution in [2.75, 3.05) is 26.2 Å². The molecule has 2 aliphatic rings. The molecule has 10 nitrogen and oxygen atoms in total. The first-order valence-corrected chi connectivity index (χ1v) is 19.0. The number of thiophene rings is 2. The zero-order valence-electron chi connectivity index (χ0n) is 23.1. The van der Waals surface area contributed by atoms with Crippen LogP contribution in [0.15, 0.2) is 39.9 Å². The van der Waals surface area contributed by atoms with Gasteiger partial charge in [-0.15, -0.1) is 22.7 Å². The summed E-state index contributed by atoms with van der Waals surface area (Å²) in [5, 5.41) is 2.31. The van der Waals surface area contributed by atoms with Crippen molar-refractivity contribution in [1.29, 1.82) is 0 Å². The van der Waals surface area contributed by atoms with Crippen LogP contribution in [-0.4, -0.2) is 76.7 Å². The van der Waals surface area contributed by atoms with E-state index in [2.05, 4.69) is 9.44 Å². The SMILES string of the molecule is Cc1c(S(=O)(=O)NC[C@@H]2CCCN2C(=O)CN2CCC[C@H](NS(=O)(=O)C=Cc3ccc(Cl)s3)C2=O)sc2ccc(Cl)cc12. The van der Waals surface area contributed by atoms with Crippen molar-refractivity contribution in [1.82, 2.24) is 19.2 Å².